The standard InChI is InChI=1S/C22H38O4/c1-2-3-14-17-20(23)21(24)18-15-12-10-8-6-4-5-7-9-11-13-16-19-22(25)26/h7,9,11,13,16,19-21,23-24H,2-6,8,10,12,14-15,17-18H2,1H3,(H,25,26). The van der Waals surface area contributed by atoms with E-state index in [1.807, 2.05) is 12.2 Å². The highest BCUT2D eigenvalue weighted by Crippen LogP contribution is 2.14. The molecule has 4 nitrogen and oxygen atoms in total. The van der Waals surface area contributed by atoms with Crippen molar-refractivity contribution in [3.8, 4) is 0 Å². The monoisotopic (exact) mass is 366 g/mol. The molecule has 2 unspecified atom stereocenters. The summed E-state index contributed by atoms with van der Waals surface area (Å²) in [7, 11) is 0. The molecule has 3 N–H and O–H groups in total. The second-order valence-corrected chi connectivity index (χ2v) is 6.84. The van der Waals surface area contributed by atoms with Gasteiger partial charge in [-0.15, -0.1) is 0 Å². The number of unbranched alkanes of at least 4 members (excludes halogenated alkanes) is 8. The fourth-order valence-electron chi connectivity index (χ4n) is 2.75. The highest BCUT2D eigenvalue weighted by molar-refractivity contribution is 5.80. The number of carboxylic acids is 1. The molecule has 0 fully saturated rings. The summed E-state index contributed by atoms with van der Waals surface area (Å²) in [5.74, 6) is -0.934. The quantitative estimate of drug-likeness (QED) is 0.189. The number of hydrogen-bond acceptors (Lipinski definition) is 3. The topological polar surface area (TPSA) is 77.8 Å². The molecule has 4 heteroatoms. The van der Waals surface area contributed by atoms with E-state index in [0.29, 0.717) is 12.8 Å². The van der Waals surface area contributed by atoms with Gasteiger partial charge >= 0.3 is 5.97 Å². The van der Waals surface area contributed by atoms with Crippen LogP contribution in [-0.2, 0) is 4.79 Å². The van der Waals surface area contributed by atoms with Crippen LogP contribution in [0.1, 0.15) is 84.0 Å². The highest BCUT2D eigenvalue weighted by atomic mass is 16.4. The fraction of sp³-hybridized carbons (Fsp3) is 0.682. The van der Waals surface area contributed by atoms with Gasteiger partial charge in [0.15, 0.2) is 0 Å². The van der Waals surface area contributed by atoms with E-state index in [-0.39, 0.29) is 0 Å². The van der Waals surface area contributed by atoms with Crippen molar-refractivity contribution in [2.24, 2.45) is 0 Å². The van der Waals surface area contributed by atoms with Crippen molar-refractivity contribution in [3.05, 3.63) is 36.5 Å². The molecule has 0 amide bonds. The molecule has 0 heterocycles. The summed E-state index contributed by atoms with van der Waals surface area (Å²) in [6.07, 6.45) is 21.7. The molecule has 0 radical (unpaired) electrons. The van der Waals surface area contributed by atoms with Crippen LogP contribution in [0.2, 0.25) is 0 Å². The molecule has 0 aliphatic carbocycles. The first-order chi connectivity index (χ1) is 12.6. The Labute approximate surface area is 159 Å². The molecule has 0 saturated carbocycles. The summed E-state index contributed by atoms with van der Waals surface area (Å²) in [5, 5.41) is 28.2. The molecule has 0 aliphatic heterocycles. The van der Waals surface area contributed by atoms with Gasteiger partial charge in [0.25, 0.3) is 0 Å². The van der Waals surface area contributed by atoms with Crippen LogP contribution in [0.3, 0.4) is 0 Å². The average Bonchev–Trinajstić information content (AvgIpc) is 2.61. The lowest BCUT2D eigenvalue weighted by molar-refractivity contribution is -0.131. The second-order valence-electron chi connectivity index (χ2n) is 6.84. The Kier molecular flexibility index (Phi) is 17.4. The summed E-state index contributed by atoms with van der Waals surface area (Å²) >= 11 is 0. The number of aliphatic carboxylic acids is 1. The van der Waals surface area contributed by atoms with Gasteiger partial charge in [-0.2, -0.15) is 0 Å². The van der Waals surface area contributed by atoms with Gasteiger partial charge in [-0.05, 0) is 25.7 Å². The van der Waals surface area contributed by atoms with Gasteiger partial charge in [0.05, 0.1) is 12.2 Å². The van der Waals surface area contributed by atoms with Crippen LogP contribution in [0.25, 0.3) is 0 Å². The third-order valence-electron chi connectivity index (χ3n) is 4.38. The van der Waals surface area contributed by atoms with Crippen LogP contribution in [-0.4, -0.2) is 33.5 Å². The molecular formula is C22H38O4. The molecule has 2 atom stereocenters. The molecule has 0 bridgehead atoms. The van der Waals surface area contributed by atoms with E-state index in [9.17, 15) is 15.0 Å². The van der Waals surface area contributed by atoms with Gasteiger partial charge in [-0.3, -0.25) is 0 Å². The Balaban J connectivity index is 3.44. The zero-order valence-corrected chi connectivity index (χ0v) is 16.4. The molecule has 0 aromatic heterocycles. The molecule has 0 saturated heterocycles. The molecule has 0 spiro atoms. The number of carboxylic acid groups (broad SMARTS) is 1. The van der Waals surface area contributed by atoms with Crippen molar-refractivity contribution in [3.63, 3.8) is 0 Å². The first-order valence-electron chi connectivity index (χ1n) is 10.2. The first-order valence-corrected chi connectivity index (χ1v) is 10.2. The van der Waals surface area contributed by atoms with Crippen molar-refractivity contribution in [2.45, 2.75) is 96.2 Å². The average molecular weight is 367 g/mol. The van der Waals surface area contributed by atoms with Gasteiger partial charge in [-0.25, -0.2) is 4.79 Å². The molecule has 0 rings (SSSR count). The van der Waals surface area contributed by atoms with Gasteiger partial charge in [0.2, 0.25) is 0 Å². The van der Waals surface area contributed by atoms with Crippen molar-refractivity contribution >= 4 is 5.97 Å². The van der Waals surface area contributed by atoms with Crippen LogP contribution in [0.4, 0.5) is 0 Å². The van der Waals surface area contributed by atoms with Crippen LogP contribution in [0, 0.1) is 0 Å². The van der Waals surface area contributed by atoms with E-state index in [4.69, 9.17) is 5.11 Å². The molecule has 0 aromatic rings. The smallest absolute Gasteiger partial charge is 0.328 e. The van der Waals surface area contributed by atoms with E-state index in [0.717, 1.165) is 51.0 Å². The Bertz CT molecular complexity index is 412. The van der Waals surface area contributed by atoms with E-state index in [2.05, 4.69) is 13.0 Å². The SMILES string of the molecule is CCCCCC(O)C(O)CCCCCCCCC=CC=CC=CC(=O)O. The number of aliphatic hydroxyl groups excluding tert-OH is 2. The van der Waals surface area contributed by atoms with Gasteiger partial charge in [0, 0.05) is 6.08 Å². The number of allylic oxidation sites excluding steroid dienone is 5. The van der Waals surface area contributed by atoms with Crippen LogP contribution >= 0.6 is 0 Å². The summed E-state index contributed by atoms with van der Waals surface area (Å²) in [4.78, 5) is 10.2. The predicted octanol–water partition coefficient (Wildman–Crippen LogP) is 5.16. The number of aliphatic hydroxyl groups is 2. The van der Waals surface area contributed by atoms with E-state index in [1.165, 1.54) is 25.3 Å². The van der Waals surface area contributed by atoms with Crippen molar-refractivity contribution < 1.29 is 20.1 Å². The van der Waals surface area contributed by atoms with E-state index in [1.54, 1.807) is 6.08 Å². The fourth-order valence-corrected chi connectivity index (χ4v) is 2.75. The molecule has 0 aliphatic rings. The van der Waals surface area contributed by atoms with Gasteiger partial charge < -0.3 is 15.3 Å². The van der Waals surface area contributed by atoms with Crippen molar-refractivity contribution in [1.82, 2.24) is 0 Å². The lowest BCUT2D eigenvalue weighted by Gasteiger charge is -2.17. The maximum atomic E-state index is 10.2. The minimum Gasteiger partial charge on any atom is -0.478 e. The third kappa shape index (κ3) is 17.4. The van der Waals surface area contributed by atoms with E-state index >= 15 is 0 Å². The number of carbonyl (C=O) groups is 1. The van der Waals surface area contributed by atoms with Crippen LogP contribution in [0.15, 0.2) is 36.5 Å². The molecule has 150 valence electrons. The highest BCUT2D eigenvalue weighted by Gasteiger charge is 2.14. The van der Waals surface area contributed by atoms with Crippen LogP contribution < -0.4 is 0 Å². The zero-order valence-electron chi connectivity index (χ0n) is 16.4. The summed E-state index contributed by atoms with van der Waals surface area (Å²) in [5.41, 5.74) is 0. The summed E-state index contributed by atoms with van der Waals surface area (Å²) in [6, 6.07) is 0. The molecular weight excluding hydrogens is 328 g/mol. The Hall–Kier alpha value is -1.39. The number of rotatable bonds is 17. The lowest BCUT2D eigenvalue weighted by Crippen LogP contribution is -2.25. The van der Waals surface area contributed by atoms with E-state index < -0.39 is 18.2 Å². The van der Waals surface area contributed by atoms with Gasteiger partial charge in [0.1, 0.15) is 0 Å². The Morgan fingerprint density at radius 1 is 0.769 bits per heavy atom. The largest absolute Gasteiger partial charge is 0.478 e. The zero-order chi connectivity index (χ0) is 19.5. The second kappa shape index (κ2) is 18.4. The minimum atomic E-state index is -0.934. The predicted molar refractivity (Wildman–Crippen MR) is 108 cm³/mol. The maximum Gasteiger partial charge on any atom is 0.328 e. The lowest BCUT2D eigenvalue weighted by atomic mass is 10.0. The maximum absolute atomic E-state index is 10.2. The van der Waals surface area contributed by atoms with Gasteiger partial charge in [-0.1, -0.05) is 88.7 Å². The minimum absolute atomic E-state index is 0.554. The van der Waals surface area contributed by atoms with Crippen LogP contribution in [0.5, 0.6) is 0 Å². The number of hydrogen-bond donors (Lipinski definition) is 3. The Morgan fingerprint density at radius 2 is 1.31 bits per heavy atom. The first kappa shape index (κ1) is 24.6. The Morgan fingerprint density at radius 3 is 1.92 bits per heavy atom. The van der Waals surface area contributed by atoms with Crippen molar-refractivity contribution in [2.75, 3.05) is 0 Å². The normalized spacial score (nSPS) is 14.6. The van der Waals surface area contributed by atoms with Crippen molar-refractivity contribution in [1.29, 1.82) is 0 Å². The molecule has 26 heavy (non-hydrogen) atoms. The molecule has 0 aromatic carbocycles. The summed E-state index contributed by atoms with van der Waals surface area (Å²) in [6.45, 7) is 2.14. The third-order valence-corrected chi connectivity index (χ3v) is 4.38. The summed E-state index contributed by atoms with van der Waals surface area (Å²) < 4.78 is 0.